The number of para-hydroxylation sites is 1. The highest BCUT2D eigenvalue weighted by atomic mass is 32.1. The Balaban J connectivity index is 1.76. The van der Waals surface area contributed by atoms with E-state index >= 15 is 0 Å². The molecule has 1 amide bonds. The molecule has 1 heterocycles. The molecule has 1 N–H and O–H groups in total. The van der Waals surface area contributed by atoms with E-state index in [1.54, 1.807) is 6.92 Å². The lowest BCUT2D eigenvalue weighted by molar-refractivity contribution is -0.118. The SMILES string of the molecule is CCOC(=O)c1c(NC(=O)COc2ccccc2C)sc2c1CC[C@@H](CC)C2. The summed E-state index contributed by atoms with van der Waals surface area (Å²) < 4.78 is 10.9. The van der Waals surface area contributed by atoms with Gasteiger partial charge in [0.05, 0.1) is 12.2 Å². The number of thiophene rings is 1. The van der Waals surface area contributed by atoms with Gasteiger partial charge in [0.25, 0.3) is 5.91 Å². The van der Waals surface area contributed by atoms with E-state index in [1.807, 2.05) is 31.2 Å². The van der Waals surface area contributed by atoms with Crippen molar-refractivity contribution < 1.29 is 19.1 Å². The molecule has 1 aliphatic carbocycles. The highest BCUT2D eigenvalue weighted by Crippen LogP contribution is 2.40. The van der Waals surface area contributed by atoms with Crippen LogP contribution in [0.1, 0.15) is 53.1 Å². The number of hydrogen-bond donors (Lipinski definition) is 1. The Morgan fingerprint density at radius 2 is 2.04 bits per heavy atom. The first-order chi connectivity index (χ1) is 13.5. The van der Waals surface area contributed by atoms with Gasteiger partial charge in [0, 0.05) is 4.88 Å². The lowest BCUT2D eigenvalue weighted by Gasteiger charge is -2.20. The molecule has 5 nitrogen and oxygen atoms in total. The van der Waals surface area contributed by atoms with Crippen LogP contribution in [0.25, 0.3) is 0 Å². The molecule has 0 saturated carbocycles. The number of carbonyl (C=O) groups excluding carboxylic acids is 2. The van der Waals surface area contributed by atoms with E-state index in [0.29, 0.717) is 28.8 Å². The molecule has 1 aromatic carbocycles. The van der Waals surface area contributed by atoms with Gasteiger partial charge in [0.2, 0.25) is 0 Å². The third-order valence-corrected chi connectivity index (χ3v) is 6.30. The lowest BCUT2D eigenvalue weighted by atomic mass is 9.85. The first-order valence-corrected chi connectivity index (χ1v) is 10.6. The van der Waals surface area contributed by atoms with Crippen LogP contribution in [0, 0.1) is 12.8 Å². The predicted molar refractivity (Wildman–Crippen MR) is 111 cm³/mol. The molecular formula is C22H27NO4S. The monoisotopic (exact) mass is 401 g/mol. The number of nitrogens with one attached hydrogen (secondary N) is 1. The van der Waals surface area contributed by atoms with Gasteiger partial charge in [-0.1, -0.05) is 31.5 Å². The zero-order chi connectivity index (χ0) is 20.1. The van der Waals surface area contributed by atoms with Gasteiger partial charge in [0.1, 0.15) is 10.8 Å². The highest BCUT2D eigenvalue weighted by Gasteiger charge is 2.29. The summed E-state index contributed by atoms with van der Waals surface area (Å²) in [5.41, 5.74) is 2.55. The van der Waals surface area contributed by atoms with Gasteiger partial charge in [-0.15, -0.1) is 11.3 Å². The van der Waals surface area contributed by atoms with E-state index in [9.17, 15) is 9.59 Å². The summed E-state index contributed by atoms with van der Waals surface area (Å²) in [6.07, 6.45) is 4.00. The summed E-state index contributed by atoms with van der Waals surface area (Å²) in [5.74, 6) is 0.679. The topological polar surface area (TPSA) is 64.6 Å². The van der Waals surface area contributed by atoms with Gasteiger partial charge in [-0.25, -0.2) is 4.79 Å². The highest BCUT2D eigenvalue weighted by molar-refractivity contribution is 7.17. The van der Waals surface area contributed by atoms with Gasteiger partial charge in [0.15, 0.2) is 6.61 Å². The number of anilines is 1. The second-order valence-electron chi connectivity index (χ2n) is 7.05. The summed E-state index contributed by atoms with van der Waals surface area (Å²) >= 11 is 1.50. The third kappa shape index (κ3) is 4.55. The predicted octanol–water partition coefficient (Wildman–Crippen LogP) is 4.77. The normalized spacial score (nSPS) is 15.6. The van der Waals surface area contributed by atoms with E-state index in [-0.39, 0.29) is 18.5 Å². The minimum atomic E-state index is -0.356. The summed E-state index contributed by atoms with van der Waals surface area (Å²) in [6, 6.07) is 7.56. The second kappa shape index (κ2) is 9.24. The van der Waals surface area contributed by atoms with Crippen LogP contribution in [0.15, 0.2) is 24.3 Å². The first kappa shape index (κ1) is 20.4. The van der Waals surface area contributed by atoms with E-state index in [0.717, 1.165) is 36.8 Å². The fourth-order valence-electron chi connectivity index (χ4n) is 3.53. The van der Waals surface area contributed by atoms with Crippen LogP contribution in [0.3, 0.4) is 0 Å². The molecule has 0 unspecified atom stereocenters. The number of aryl methyl sites for hydroxylation is 1. The number of carbonyl (C=O) groups is 2. The number of rotatable bonds is 7. The van der Waals surface area contributed by atoms with Gasteiger partial charge < -0.3 is 14.8 Å². The molecule has 2 aromatic rings. The summed E-state index contributed by atoms with van der Waals surface area (Å²) in [4.78, 5) is 26.2. The summed E-state index contributed by atoms with van der Waals surface area (Å²) in [7, 11) is 0. The van der Waals surface area contributed by atoms with Gasteiger partial charge in [-0.3, -0.25) is 4.79 Å². The quantitative estimate of drug-likeness (QED) is 0.679. The molecule has 150 valence electrons. The molecule has 0 bridgehead atoms. The van der Waals surface area contributed by atoms with Crippen LogP contribution < -0.4 is 10.1 Å². The molecule has 0 aliphatic heterocycles. The third-order valence-electron chi connectivity index (χ3n) is 5.13. The zero-order valence-electron chi connectivity index (χ0n) is 16.7. The Kier molecular flexibility index (Phi) is 6.73. The number of hydrogen-bond acceptors (Lipinski definition) is 5. The number of benzene rings is 1. The average molecular weight is 402 g/mol. The van der Waals surface area contributed by atoms with E-state index < -0.39 is 0 Å². The Bertz CT molecular complexity index is 858. The minimum Gasteiger partial charge on any atom is -0.483 e. The molecule has 1 atom stereocenters. The van der Waals surface area contributed by atoms with Crippen molar-refractivity contribution in [2.75, 3.05) is 18.5 Å². The number of amides is 1. The second-order valence-corrected chi connectivity index (χ2v) is 8.15. The molecule has 6 heteroatoms. The van der Waals surface area contributed by atoms with Crippen molar-refractivity contribution in [3.05, 3.63) is 45.8 Å². The van der Waals surface area contributed by atoms with Crippen LogP contribution in [-0.4, -0.2) is 25.1 Å². The van der Waals surface area contributed by atoms with Gasteiger partial charge in [-0.2, -0.15) is 0 Å². The average Bonchev–Trinajstić information content (AvgIpc) is 3.04. The van der Waals surface area contributed by atoms with Crippen molar-refractivity contribution in [2.24, 2.45) is 5.92 Å². The van der Waals surface area contributed by atoms with Crippen molar-refractivity contribution in [3.8, 4) is 5.75 Å². The standard InChI is InChI=1S/C22H27NO4S/c1-4-15-10-11-16-18(12-15)28-21(20(16)22(25)26-5-2)23-19(24)13-27-17-9-7-6-8-14(17)3/h6-9,15H,4-5,10-13H2,1-3H3,(H,23,24)/t15-/m1/s1. The fourth-order valence-corrected chi connectivity index (χ4v) is 4.90. The Labute approximate surface area is 170 Å². The van der Waals surface area contributed by atoms with Gasteiger partial charge in [-0.05, 0) is 56.2 Å². The molecule has 0 spiro atoms. The molecule has 0 fully saturated rings. The maximum atomic E-state index is 12.6. The number of esters is 1. The van der Waals surface area contributed by atoms with Crippen molar-refractivity contribution in [1.82, 2.24) is 0 Å². The van der Waals surface area contributed by atoms with E-state index in [2.05, 4.69) is 12.2 Å². The summed E-state index contributed by atoms with van der Waals surface area (Å²) in [5, 5.41) is 3.47. The Morgan fingerprint density at radius 3 is 2.75 bits per heavy atom. The van der Waals surface area contributed by atoms with Crippen LogP contribution in [0.5, 0.6) is 5.75 Å². The van der Waals surface area contributed by atoms with Crippen molar-refractivity contribution >= 4 is 28.2 Å². The molecule has 0 radical (unpaired) electrons. The maximum Gasteiger partial charge on any atom is 0.341 e. The van der Waals surface area contributed by atoms with E-state index in [4.69, 9.17) is 9.47 Å². The van der Waals surface area contributed by atoms with Crippen LogP contribution in [0.2, 0.25) is 0 Å². The Hall–Kier alpha value is -2.34. The largest absolute Gasteiger partial charge is 0.483 e. The van der Waals surface area contributed by atoms with E-state index in [1.165, 1.54) is 16.2 Å². The van der Waals surface area contributed by atoms with Crippen LogP contribution >= 0.6 is 11.3 Å². The molecule has 3 rings (SSSR count). The zero-order valence-corrected chi connectivity index (χ0v) is 17.5. The lowest BCUT2D eigenvalue weighted by Crippen LogP contribution is -2.21. The summed E-state index contributed by atoms with van der Waals surface area (Å²) in [6.45, 7) is 6.13. The molecule has 1 aromatic heterocycles. The maximum absolute atomic E-state index is 12.6. The first-order valence-electron chi connectivity index (χ1n) is 9.83. The molecule has 0 saturated heterocycles. The minimum absolute atomic E-state index is 0.104. The fraction of sp³-hybridized carbons (Fsp3) is 0.455. The van der Waals surface area contributed by atoms with Crippen LogP contribution in [0.4, 0.5) is 5.00 Å². The molecule has 1 aliphatic rings. The molecule has 28 heavy (non-hydrogen) atoms. The number of ether oxygens (including phenoxy) is 2. The smallest absolute Gasteiger partial charge is 0.341 e. The van der Waals surface area contributed by atoms with Crippen molar-refractivity contribution in [1.29, 1.82) is 0 Å². The van der Waals surface area contributed by atoms with Crippen molar-refractivity contribution in [3.63, 3.8) is 0 Å². The van der Waals surface area contributed by atoms with Crippen LogP contribution in [-0.2, 0) is 22.4 Å². The molecular weight excluding hydrogens is 374 g/mol. The van der Waals surface area contributed by atoms with Gasteiger partial charge >= 0.3 is 5.97 Å². The number of fused-ring (bicyclic) bond motifs is 1. The Morgan fingerprint density at radius 1 is 1.25 bits per heavy atom. The van der Waals surface area contributed by atoms with Crippen molar-refractivity contribution in [2.45, 2.75) is 46.5 Å².